The number of aliphatic hydroxyl groups is 8. The highest BCUT2D eigenvalue weighted by Gasteiger charge is 2.50. The van der Waals surface area contributed by atoms with Crippen molar-refractivity contribution in [2.45, 2.75) is 171 Å². The van der Waals surface area contributed by atoms with Crippen molar-refractivity contribution in [2.75, 3.05) is 19.8 Å². The molecule has 0 aromatic rings. The summed E-state index contributed by atoms with van der Waals surface area (Å²) in [4.78, 5) is 13.0. The van der Waals surface area contributed by atoms with E-state index in [0.717, 1.165) is 57.8 Å². The van der Waals surface area contributed by atoms with Crippen LogP contribution in [0.25, 0.3) is 0 Å². The molecule has 2 rings (SSSR count). The second-order valence-corrected chi connectivity index (χ2v) is 14.7. The fourth-order valence-corrected chi connectivity index (χ4v) is 6.27. The molecule has 1 amide bonds. The third-order valence-corrected chi connectivity index (χ3v) is 9.82. The maximum absolute atomic E-state index is 13.0. The second-order valence-electron chi connectivity index (χ2n) is 14.7. The molecule has 12 unspecified atom stereocenters. The molecule has 0 saturated carbocycles. The van der Waals surface area contributed by atoms with Crippen LogP contribution in [-0.4, -0.2) is 140 Å². The molecule has 2 fully saturated rings. The van der Waals surface area contributed by atoms with E-state index in [-0.39, 0.29) is 18.9 Å². The number of unbranched alkanes of at least 4 members (excludes halogenated alkanes) is 4. The van der Waals surface area contributed by atoms with Crippen molar-refractivity contribution >= 4 is 5.91 Å². The Hall–Kier alpha value is -2.83. The van der Waals surface area contributed by atoms with Crippen LogP contribution in [-0.2, 0) is 23.7 Å². The van der Waals surface area contributed by atoms with E-state index in [1.807, 2.05) is 12.2 Å². The first-order valence-electron chi connectivity index (χ1n) is 21.3. The summed E-state index contributed by atoms with van der Waals surface area (Å²) in [6.45, 7) is 2.47. The van der Waals surface area contributed by atoms with Gasteiger partial charge < -0.3 is 65.1 Å². The summed E-state index contributed by atoms with van der Waals surface area (Å²) < 4.78 is 22.5. The van der Waals surface area contributed by atoms with E-state index in [2.05, 4.69) is 86.0 Å². The fourth-order valence-electron chi connectivity index (χ4n) is 6.27. The van der Waals surface area contributed by atoms with Crippen LogP contribution in [0.3, 0.4) is 0 Å². The third-order valence-electron chi connectivity index (χ3n) is 9.82. The van der Waals surface area contributed by atoms with Crippen LogP contribution in [0, 0.1) is 0 Å². The average molecular weight is 836 g/mol. The van der Waals surface area contributed by atoms with E-state index in [9.17, 15) is 45.6 Å². The summed E-state index contributed by atoms with van der Waals surface area (Å²) >= 11 is 0. The number of aliphatic hydroxyl groups excluding tert-OH is 8. The number of carbonyl (C=O) groups excluding carboxylic acids is 1. The van der Waals surface area contributed by atoms with Crippen LogP contribution in [0.4, 0.5) is 0 Å². The monoisotopic (exact) mass is 836 g/mol. The lowest BCUT2D eigenvalue weighted by Crippen LogP contribution is -2.65. The number of hydrogen-bond acceptors (Lipinski definition) is 13. The zero-order valence-corrected chi connectivity index (χ0v) is 34.9. The zero-order chi connectivity index (χ0) is 43.3. The molecule has 12 atom stereocenters. The van der Waals surface area contributed by atoms with Crippen LogP contribution in [0.5, 0.6) is 0 Å². The van der Waals surface area contributed by atoms with Crippen molar-refractivity contribution in [3.63, 3.8) is 0 Å². The Morgan fingerprint density at radius 3 is 1.76 bits per heavy atom. The van der Waals surface area contributed by atoms with Gasteiger partial charge in [-0.3, -0.25) is 4.79 Å². The SMILES string of the molecule is CC/C=C\C/C=C\C/C=C\C/C=C\C/C=C\CCCC(=O)NC(COC1OC(CO)C(OC2OC(CO)C(O)C(O)C2O)C(O)C1O)C(O)/C=C/CC/C=C/CCCC. The summed E-state index contributed by atoms with van der Waals surface area (Å²) in [7, 11) is 0. The normalized spacial score (nSPS) is 29.4. The van der Waals surface area contributed by atoms with Gasteiger partial charge in [-0.15, -0.1) is 0 Å². The van der Waals surface area contributed by atoms with Crippen molar-refractivity contribution < 1.29 is 64.6 Å². The average Bonchev–Trinajstić information content (AvgIpc) is 3.23. The Kier molecular flexibility index (Phi) is 28.3. The molecule has 14 nitrogen and oxygen atoms in total. The highest BCUT2D eigenvalue weighted by molar-refractivity contribution is 5.76. The number of hydrogen-bond donors (Lipinski definition) is 9. The van der Waals surface area contributed by atoms with Crippen LogP contribution < -0.4 is 5.32 Å². The van der Waals surface area contributed by atoms with Crippen LogP contribution >= 0.6 is 0 Å². The first kappa shape index (κ1) is 52.3. The van der Waals surface area contributed by atoms with Gasteiger partial charge in [0.2, 0.25) is 5.91 Å². The Morgan fingerprint density at radius 1 is 0.627 bits per heavy atom. The Balaban J connectivity index is 1.93. The summed E-state index contributed by atoms with van der Waals surface area (Å²) in [5.41, 5.74) is 0. The lowest BCUT2D eigenvalue weighted by atomic mass is 9.97. The fraction of sp³-hybridized carbons (Fsp3) is 0.667. The molecular weight excluding hydrogens is 762 g/mol. The van der Waals surface area contributed by atoms with Crippen molar-refractivity contribution in [1.29, 1.82) is 0 Å². The molecule has 0 aromatic heterocycles. The molecule has 336 valence electrons. The number of rotatable bonds is 29. The summed E-state index contributed by atoms with van der Waals surface area (Å²) in [6, 6.07) is -0.962. The molecule has 2 heterocycles. The first-order chi connectivity index (χ1) is 28.6. The minimum absolute atomic E-state index is 0.189. The highest BCUT2D eigenvalue weighted by atomic mass is 16.7. The molecule has 59 heavy (non-hydrogen) atoms. The molecule has 0 radical (unpaired) electrons. The molecule has 0 bridgehead atoms. The van der Waals surface area contributed by atoms with Crippen molar-refractivity contribution in [3.8, 4) is 0 Å². The van der Waals surface area contributed by atoms with Crippen molar-refractivity contribution in [3.05, 3.63) is 85.1 Å². The topological polar surface area (TPSA) is 228 Å². The molecule has 0 aliphatic carbocycles. The molecule has 0 spiro atoms. The Labute approximate surface area is 350 Å². The molecule has 2 saturated heterocycles. The van der Waals surface area contributed by atoms with E-state index in [0.29, 0.717) is 19.3 Å². The Morgan fingerprint density at radius 2 is 1.15 bits per heavy atom. The molecule has 9 N–H and O–H groups in total. The van der Waals surface area contributed by atoms with Gasteiger partial charge in [0.05, 0.1) is 32.0 Å². The largest absolute Gasteiger partial charge is 0.394 e. The van der Waals surface area contributed by atoms with E-state index in [4.69, 9.17) is 18.9 Å². The van der Waals surface area contributed by atoms with E-state index in [1.165, 1.54) is 0 Å². The van der Waals surface area contributed by atoms with Crippen LogP contribution in [0.1, 0.15) is 97.3 Å². The van der Waals surface area contributed by atoms with Gasteiger partial charge in [0.1, 0.15) is 48.8 Å². The molecule has 2 aliphatic heterocycles. The lowest BCUT2D eigenvalue weighted by molar-refractivity contribution is -0.359. The Bertz CT molecular complexity index is 1310. The maximum Gasteiger partial charge on any atom is 0.220 e. The van der Waals surface area contributed by atoms with Gasteiger partial charge in [-0.2, -0.15) is 0 Å². The smallest absolute Gasteiger partial charge is 0.220 e. The van der Waals surface area contributed by atoms with E-state index in [1.54, 1.807) is 6.08 Å². The van der Waals surface area contributed by atoms with Gasteiger partial charge in [0, 0.05) is 6.42 Å². The van der Waals surface area contributed by atoms with Gasteiger partial charge in [-0.05, 0) is 64.2 Å². The van der Waals surface area contributed by atoms with Crippen LogP contribution in [0.2, 0.25) is 0 Å². The van der Waals surface area contributed by atoms with Crippen molar-refractivity contribution in [1.82, 2.24) is 5.32 Å². The van der Waals surface area contributed by atoms with E-state index < -0.39 is 86.8 Å². The quantitative estimate of drug-likeness (QED) is 0.0389. The summed E-state index contributed by atoms with van der Waals surface area (Å²) in [6.07, 6.45) is 22.4. The predicted molar refractivity (Wildman–Crippen MR) is 226 cm³/mol. The van der Waals surface area contributed by atoms with Gasteiger partial charge in [-0.1, -0.05) is 112 Å². The number of nitrogens with one attached hydrogen (secondary N) is 1. The number of allylic oxidation sites excluding steroid dienone is 13. The number of carbonyl (C=O) groups is 1. The van der Waals surface area contributed by atoms with Crippen molar-refractivity contribution in [2.24, 2.45) is 0 Å². The minimum Gasteiger partial charge on any atom is -0.394 e. The number of ether oxygens (including phenoxy) is 4. The first-order valence-corrected chi connectivity index (χ1v) is 21.3. The third kappa shape index (κ3) is 20.5. The minimum atomic E-state index is -1.80. The molecule has 2 aliphatic rings. The second kappa shape index (κ2) is 32.0. The zero-order valence-electron chi connectivity index (χ0n) is 34.9. The van der Waals surface area contributed by atoms with Gasteiger partial charge in [0.25, 0.3) is 0 Å². The van der Waals surface area contributed by atoms with Gasteiger partial charge in [-0.25, -0.2) is 0 Å². The molecule has 14 heteroatoms. The molecule has 0 aromatic carbocycles. The summed E-state index contributed by atoms with van der Waals surface area (Å²) in [5.74, 6) is -0.316. The summed E-state index contributed by atoms with van der Waals surface area (Å²) in [5, 5.41) is 86.1. The predicted octanol–water partition coefficient (Wildman–Crippen LogP) is 3.48. The van der Waals surface area contributed by atoms with E-state index >= 15 is 0 Å². The van der Waals surface area contributed by atoms with Crippen LogP contribution in [0.15, 0.2) is 85.1 Å². The highest BCUT2D eigenvalue weighted by Crippen LogP contribution is 2.29. The van der Waals surface area contributed by atoms with Gasteiger partial charge in [0.15, 0.2) is 12.6 Å². The molecular formula is C45H73NO13. The standard InChI is InChI=1S/C45H73NO13/c1-3-5-7-9-11-13-14-15-16-17-18-19-20-21-23-25-27-29-37(50)46-33(34(49)28-26-24-22-12-10-8-6-4-2)32-56-44-42(55)40(53)43(36(31-48)58-44)59-45-41(54)39(52)38(51)35(30-47)57-45/h5,7,10-13,15-16,18-19,21,23,26,28,33-36,38-45,47-49,51-55H,3-4,6,8-9,14,17,20,22,24-25,27,29-32H2,1-2H3,(H,46,50)/b7-5-,12-10+,13-11-,16-15-,19-18-,23-21-,28-26+. The number of amides is 1. The maximum atomic E-state index is 13.0. The lowest BCUT2D eigenvalue weighted by Gasteiger charge is -2.46. The van der Waals surface area contributed by atoms with Gasteiger partial charge >= 0.3 is 0 Å².